The van der Waals surface area contributed by atoms with Crippen LogP contribution in [-0.2, 0) is 6.42 Å². The first-order valence-electron chi connectivity index (χ1n) is 6.34. The van der Waals surface area contributed by atoms with E-state index in [9.17, 15) is 0 Å². The second-order valence-corrected chi connectivity index (χ2v) is 5.02. The van der Waals surface area contributed by atoms with Crippen molar-refractivity contribution < 1.29 is 9.47 Å². The van der Waals surface area contributed by atoms with Gasteiger partial charge in [-0.15, -0.1) is 0 Å². The fourth-order valence-electron chi connectivity index (χ4n) is 2.43. The van der Waals surface area contributed by atoms with Gasteiger partial charge in [0.1, 0.15) is 0 Å². The van der Waals surface area contributed by atoms with Crippen LogP contribution in [0.5, 0.6) is 11.5 Å². The fourth-order valence-corrected chi connectivity index (χ4v) is 2.63. The summed E-state index contributed by atoms with van der Waals surface area (Å²) in [7, 11) is 0. The Morgan fingerprint density at radius 1 is 1.17 bits per heavy atom. The lowest BCUT2D eigenvalue weighted by molar-refractivity contribution is 0.173. The zero-order chi connectivity index (χ0) is 12.4. The Labute approximate surface area is 112 Å². The van der Waals surface area contributed by atoms with Crippen molar-refractivity contribution in [2.75, 3.05) is 39.5 Å². The van der Waals surface area contributed by atoms with Crippen molar-refractivity contribution in [3.63, 3.8) is 0 Å². The summed E-state index contributed by atoms with van der Waals surface area (Å²) < 4.78 is 10.9. The number of hydrogen-bond donors (Lipinski definition) is 1. The average molecular weight is 269 g/mol. The summed E-state index contributed by atoms with van der Waals surface area (Å²) in [6.07, 6.45) is 0.975. The first-order chi connectivity index (χ1) is 8.84. The molecule has 1 saturated heterocycles. The lowest BCUT2D eigenvalue weighted by atomic mass is 10.1. The average Bonchev–Trinajstić information content (AvgIpc) is 2.90. The van der Waals surface area contributed by atoms with Crippen LogP contribution in [0.1, 0.15) is 5.56 Å². The van der Waals surface area contributed by atoms with Crippen LogP contribution >= 0.6 is 11.6 Å². The van der Waals surface area contributed by atoms with E-state index in [4.69, 9.17) is 21.1 Å². The second kappa shape index (κ2) is 5.34. The number of halogens is 1. The number of hydrogen-bond acceptors (Lipinski definition) is 4. The number of rotatable bonds is 3. The molecule has 0 spiro atoms. The predicted octanol–water partition coefficient (Wildman–Crippen LogP) is 1.52. The van der Waals surface area contributed by atoms with E-state index in [0.29, 0.717) is 10.8 Å². The molecule has 0 atom stereocenters. The van der Waals surface area contributed by atoms with E-state index in [-0.39, 0.29) is 6.79 Å². The second-order valence-electron chi connectivity index (χ2n) is 4.61. The summed E-state index contributed by atoms with van der Waals surface area (Å²) in [5, 5.41) is 3.99. The first kappa shape index (κ1) is 12.1. The van der Waals surface area contributed by atoms with Crippen molar-refractivity contribution >= 4 is 11.6 Å². The van der Waals surface area contributed by atoms with Crippen molar-refractivity contribution in [1.29, 1.82) is 0 Å². The number of nitrogens with zero attached hydrogens (tertiary/aromatic N) is 1. The maximum atomic E-state index is 6.07. The van der Waals surface area contributed by atoms with Crippen molar-refractivity contribution in [3.8, 4) is 11.5 Å². The zero-order valence-electron chi connectivity index (χ0n) is 10.2. The Morgan fingerprint density at radius 3 is 2.78 bits per heavy atom. The molecule has 2 aliphatic rings. The molecule has 0 unspecified atom stereocenters. The Morgan fingerprint density at radius 2 is 1.94 bits per heavy atom. The van der Waals surface area contributed by atoms with E-state index in [1.807, 2.05) is 12.1 Å². The maximum absolute atomic E-state index is 6.07. The molecule has 0 radical (unpaired) electrons. The molecule has 5 heteroatoms. The normalized spacial score (nSPS) is 19.2. The monoisotopic (exact) mass is 268 g/mol. The van der Waals surface area contributed by atoms with Crippen LogP contribution in [0.15, 0.2) is 12.1 Å². The molecule has 3 rings (SSSR count). The molecule has 1 aromatic rings. The summed E-state index contributed by atoms with van der Waals surface area (Å²) in [6.45, 7) is 5.73. The molecule has 2 aliphatic heterocycles. The molecule has 2 heterocycles. The van der Waals surface area contributed by atoms with Crippen molar-refractivity contribution in [3.05, 3.63) is 22.7 Å². The van der Waals surface area contributed by atoms with Crippen LogP contribution in [0.2, 0.25) is 5.02 Å². The molecule has 18 heavy (non-hydrogen) atoms. The van der Waals surface area contributed by atoms with Gasteiger partial charge in [-0.3, -0.25) is 0 Å². The minimum absolute atomic E-state index is 0.277. The molecule has 1 N–H and O–H groups in total. The molecule has 0 aliphatic carbocycles. The van der Waals surface area contributed by atoms with Crippen molar-refractivity contribution in [2.45, 2.75) is 6.42 Å². The highest BCUT2D eigenvalue weighted by Gasteiger charge is 2.21. The van der Waals surface area contributed by atoms with Crippen LogP contribution in [0.4, 0.5) is 0 Å². The molecule has 0 amide bonds. The number of piperazine rings is 1. The summed E-state index contributed by atoms with van der Waals surface area (Å²) in [5.41, 5.74) is 1.19. The highest BCUT2D eigenvalue weighted by Crippen LogP contribution is 2.41. The lowest BCUT2D eigenvalue weighted by Crippen LogP contribution is -2.44. The molecule has 0 aromatic heterocycles. The van der Waals surface area contributed by atoms with E-state index in [1.54, 1.807) is 0 Å². The molecule has 1 aromatic carbocycles. The van der Waals surface area contributed by atoms with E-state index in [0.717, 1.165) is 44.9 Å². The highest BCUT2D eigenvalue weighted by molar-refractivity contribution is 6.32. The van der Waals surface area contributed by atoms with Gasteiger partial charge in [-0.05, 0) is 18.1 Å². The Hall–Kier alpha value is -0.970. The highest BCUT2D eigenvalue weighted by atomic mass is 35.5. The van der Waals surface area contributed by atoms with Gasteiger partial charge < -0.3 is 19.7 Å². The molecule has 0 bridgehead atoms. The smallest absolute Gasteiger partial charge is 0.231 e. The van der Waals surface area contributed by atoms with Crippen LogP contribution in [0, 0.1) is 0 Å². The molecular formula is C13H17ClN2O2. The van der Waals surface area contributed by atoms with E-state index >= 15 is 0 Å². The SMILES string of the molecule is Clc1ccc(CCN2CCNCC2)c2c1OCO2. The van der Waals surface area contributed by atoms with Gasteiger partial charge in [0.15, 0.2) is 11.5 Å². The van der Waals surface area contributed by atoms with Crippen LogP contribution in [0.3, 0.4) is 0 Å². The van der Waals surface area contributed by atoms with Gasteiger partial charge in [-0.1, -0.05) is 17.7 Å². The standard InChI is InChI=1S/C13H17ClN2O2/c14-11-2-1-10(12-13(11)18-9-17-12)3-6-16-7-4-15-5-8-16/h1-2,15H,3-9H2. The van der Waals surface area contributed by atoms with E-state index in [1.165, 1.54) is 5.56 Å². The predicted molar refractivity (Wildman–Crippen MR) is 70.6 cm³/mol. The summed E-state index contributed by atoms with van der Waals surface area (Å²) >= 11 is 6.07. The summed E-state index contributed by atoms with van der Waals surface area (Å²) in [5.74, 6) is 1.53. The number of fused-ring (bicyclic) bond motifs is 1. The quantitative estimate of drug-likeness (QED) is 0.901. The van der Waals surface area contributed by atoms with Gasteiger partial charge >= 0.3 is 0 Å². The van der Waals surface area contributed by atoms with Gasteiger partial charge in [0, 0.05) is 32.7 Å². The Kier molecular flexibility index (Phi) is 3.59. The third-order valence-electron chi connectivity index (χ3n) is 3.46. The first-order valence-corrected chi connectivity index (χ1v) is 6.72. The van der Waals surface area contributed by atoms with E-state index < -0.39 is 0 Å². The largest absolute Gasteiger partial charge is 0.453 e. The third-order valence-corrected chi connectivity index (χ3v) is 3.76. The Balaban J connectivity index is 1.67. The number of nitrogens with one attached hydrogen (secondary N) is 1. The third kappa shape index (κ3) is 2.41. The molecule has 98 valence electrons. The van der Waals surface area contributed by atoms with Crippen molar-refractivity contribution in [1.82, 2.24) is 10.2 Å². The number of benzene rings is 1. The molecular weight excluding hydrogens is 252 g/mol. The van der Waals surface area contributed by atoms with Crippen molar-refractivity contribution in [2.24, 2.45) is 0 Å². The number of ether oxygens (including phenoxy) is 2. The fraction of sp³-hybridized carbons (Fsp3) is 0.538. The van der Waals surface area contributed by atoms with Crippen LogP contribution in [-0.4, -0.2) is 44.4 Å². The minimum Gasteiger partial charge on any atom is -0.453 e. The Bertz CT molecular complexity index is 433. The lowest BCUT2D eigenvalue weighted by Gasteiger charge is -2.27. The summed E-state index contributed by atoms with van der Waals surface area (Å²) in [6, 6.07) is 3.93. The minimum atomic E-state index is 0.277. The maximum Gasteiger partial charge on any atom is 0.231 e. The van der Waals surface area contributed by atoms with Crippen LogP contribution < -0.4 is 14.8 Å². The topological polar surface area (TPSA) is 33.7 Å². The molecule has 4 nitrogen and oxygen atoms in total. The van der Waals surface area contributed by atoms with Gasteiger partial charge in [0.2, 0.25) is 6.79 Å². The van der Waals surface area contributed by atoms with Gasteiger partial charge in [0.25, 0.3) is 0 Å². The van der Waals surface area contributed by atoms with Gasteiger partial charge in [0.05, 0.1) is 5.02 Å². The van der Waals surface area contributed by atoms with Gasteiger partial charge in [-0.2, -0.15) is 0 Å². The molecule has 1 fully saturated rings. The van der Waals surface area contributed by atoms with E-state index in [2.05, 4.69) is 10.2 Å². The molecule has 0 saturated carbocycles. The van der Waals surface area contributed by atoms with Crippen LogP contribution in [0.25, 0.3) is 0 Å². The zero-order valence-corrected chi connectivity index (χ0v) is 11.0. The van der Waals surface area contributed by atoms with Gasteiger partial charge in [-0.25, -0.2) is 0 Å². The summed E-state index contributed by atoms with van der Waals surface area (Å²) in [4.78, 5) is 2.47.